The Labute approximate surface area is 48.2 Å². The zero-order valence-corrected chi connectivity index (χ0v) is 4.59. The third-order valence-electron chi connectivity index (χ3n) is 1.06. The minimum atomic E-state index is -0.309. The quantitative estimate of drug-likeness (QED) is 0.432. The van der Waals surface area contributed by atoms with E-state index in [0.717, 1.165) is 13.0 Å². The molecule has 46 valence electrons. The molecular formula is C5H8NO2-. The maximum atomic E-state index is 10.4. The van der Waals surface area contributed by atoms with Crippen LogP contribution in [0.2, 0.25) is 0 Å². The van der Waals surface area contributed by atoms with Crippen molar-refractivity contribution in [2.45, 2.75) is 6.42 Å². The Kier molecular flexibility index (Phi) is 1.37. The maximum Gasteiger partial charge on any atom is 0.379 e. The van der Waals surface area contributed by atoms with Gasteiger partial charge in [0.05, 0.1) is 6.61 Å². The normalized spacial score (nSPS) is 20.6. The molecule has 3 nitrogen and oxygen atoms in total. The van der Waals surface area contributed by atoms with Crippen molar-refractivity contribution < 1.29 is 9.53 Å². The number of hydrogen-bond donors (Lipinski definition) is 0. The van der Waals surface area contributed by atoms with Crippen molar-refractivity contribution in [1.29, 1.82) is 0 Å². The molecule has 8 heavy (non-hydrogen) atoms. The molecule has 0 spiro atoms. The van der Waals surface area contributed by atoms with Crippen molar-refractivity contribution in [2.24, 2.45) is 0 Å². The van der Waals surface area contributed by atoms with Crippen LogP contribution in [0.4, 0.5) is 4.79 Å². The van der Waals surface area contributed by atoms with Gasteiger partial charge in [0.25, 0.3) is 0 Å². The lowest BCUT2D eigenvalue weighted by atomic mass is 10.4. The van der Waals surface area contributed by atoms with E-state index in [2.05, 4.69) is 11.8 Å². The fourth-order valence-corrected chi connectivity index (χ4v) is 0.597. The van der Waals surface area contributed by atoms with Crippen LogP contribution < -0.4 is 0 Å². The fraction of sp³-hybridized carbons (Fsp3) is 0.600. The van der Waals surface area contributed by atoms with Gasteiger partial charge in [0.2, 0.25) is 0 Å². The third-order valence-corrected chi connectivity index (χ3v) is 1.06. The van der Waals surface area contributed by atoms with Crippen LogP contribution in [0.5, 0.6) is 0 Å². The van der Waals surface area contributed by atoms with Crippen molar-refractivity contribution in [3.63, 3.8) is 0 Å². The van der Waals surface area contributed by atoms with Gasteiger partial charge in [0.15, 0.2) is 0 Å². The summed E-state index contributed by atoms with van der Waals surface area (Å²) in [4.78, 5) is 11.8. The maximum absolute atomic E-state index is 10.4. The summed E-state index contributed by atoms with van der Waals surface area (Å²) >= 11 is 0. The number of rotatable bonds is 0. The van der Waals surface area contributed by atoms with Gasteiger partial charge in [-0.25, -0.2) is 11.8 Å². The van der Waals surface area contributed by atoms with E-state index in [4.69, 9.17) is 0 Å². The largest absolute Gasteiger partial charge is 0.460 e. The van der Waals surface area contributed by atoms with Gasteiger partial charge in [-0.3, -0.25) is 0 Å². The van der Waals surface area contributed by atoms with Gasteiger partial charge >= 0.3 is 6.09 Å². The predicted octanol–water partition coefficient (Wildman–Crippen LogP) is 0.620. The molecule has 0 atom stereocenters. The summed E-state index contributed by atoms with van der Waals surface area (Å²) in [5.74, 6) is 0. The SMILES string of the molecule is [CH2-]N1CCCOC1=O. The highest BCUT2D eigenvalue weighted by Gasteiger charge is 2.08. The van der Waals surface area contributed by atoms with Crippen LogP contribution in [0.1, 0.15) is 6.42 Å². The van der Waals surface area contributed by atoms with Gasteiger partial charge in [-0.1, -0.05) is 0 Å². The van der Waals surface area contributed by atoms with Crippen LogP contribution in [-0.2, 0) is 4.74 Å². The van der Waals surface area contributed by atoms with Crippen LogP contribution in [0.3, 0.4) is 0 Å². The molecular weight excluding hydrogens is 106 g/mol. The summed E-state index contributed by atoms with van der Waals surface area (Å²) in [6, 6.07) is 0. The van der Waals surface area contributed by atoms with Crippen molar-refractivity contribution in [3.05, 3.63) is 7.05 Å². The van der Waals surface area contributed by atoms with Crippen molar-refractivity contribution in [2.75, 3.05) is 13.2 Å². The van der Waals surface area contributed by atoms with Gasteiger partial charge in [-0.05, 0) is 13.0 Å². The summed E-state index contributed by atoms with van der Waals surface area (Å²) in [5.41, 5.74) is 0. The molecule has 3 heteroatoms. The molecule has 1 aliphatic rings. The summed E-state index contributed by atoms with van der Waals surface area (Å²) in [6.45, 7) is 1.27. The summed E-state index contributed by atoms with van der Waals surface area (Å²) in [7, 11) is 3.44. The van der Waals surface area contributed by atoms with E-state index in [1.807, 2.05) is 0 Å². The smallest absolute Gasteiger partial charge is 0.379 e. The van der Waals surface area contributed by atoms with Gasteiger partial charge < -0.3 is 9.64 Å². The molecule has 0 radical (unpaired) electrons. The molecule has 1 aliphatic heterocycles. The number of carbonyl (C=O) groups is 1. The molecule has 1 heterocycles. The lowest BCUT2D eigenvalue weighted by Gasteiger charge is -2.28. The van der Waals surface area contributed by atoms with E-state index >= 15 is 0 Å². The van der Waals surface area contributed by atoms with E-state index in [1.165, 1.54) is 4.90 Å². The Morgan fingerprint density at radius 2 is 2.50 bits per heavy atom. The average molecular weight is 114 g/mol. The number of amides is 1. The van der Waals surface area contributed by atoms with Crippen molar-refractivity contribution in [3.8, 4) is 0 Å². The van der Waals surface area contributed by atoms with Gasteiger partial charge in [0.1, 0.15) is 0 Å². The molecule has 0 aromatic carbocycles. The number of ether oxygens (including phenoxy) is 1. The Morgan fingerprint density at radius 1 is 1.75 bits per heavy atom. The molecule has 0 bridgehead atoms. The highest BCUT2D eigenvalue weighted by molar-refractivity contribution is 5.68. The summed E-state index contributed by atoms with van der Waals surface area (Å²) < 4.78 is 4.61. The van der Waals surface area contributed by atoms with Crippen molar-refractivity contribution >= 4 is 6.09 Å². The first-order valence-corrected chi connectivity index (χ1v) is 2.55. The summed E-state index contributed by atoms with van der Waals surface area (Å²) in [5, 5.41) is 0. The number of nitrogens with zero attached hydrogens (tertiary/aromatic N) is 1. The Balaban J connectivity index is 2.39. The first-order chi connectivity index (χ1) is 3.80. The molecule has 1 amide bonds. The minimum Gasteiger partial charge on any atom is -0.460 e. The molecule has 0 saturated carbocycles. The summed E-state index contributed by atoms with van der Waals surface area (Å²) in [6.07, 6.45) is 0.589. The standard InChI is InChI=1S/C5H8NO2/c1-6-3-2-4-8-5(6)7/h1-4H2/q-1. The third kappa shape index (κ3) is 0.911. The van der Waals surface area contributed by atoms with Crippen LogP contribution in [0, 0.1) is 7.05 Å². The van der Waals surface area contributed by atoms with Gasteiger partial charge in [-0.15, -0.1) is 0 Å². The zero-order chi connectivity index (χ0) is 5.98. The lowest BCUT2D eigenvalue weighted by molar-refractivity contribution is 0.0893. The van der Waals surface area contributed by atoms with Crippen LogP contribution in [0.15, 0.2) is 0 Å². The second-order valence-corrected chi connectivity index (χ2v) is 1.73. The van der Waals surface area contributed by atoms with E-state index in [9.17, 15) is 4.79 Å². The molecule has 1 fully saturated rings. The molecule has 1 saturated heterocycles. The molecule has 0 aliphatic carbocycles. The van der Waals surface area contributed by atoms with E-state index in [1.54, 1.807) is 0 Å². The zero-order valence-electron chi connectivity index (χ0n) is 4.59. The average Bonchev–Trinajstić information content (AvgIpc) is 1.77. The Morgan fingerprint density at radius 3 is 2.88 bits per heavy atom. The van der Waals surface area contributed by atoms with Crippen LogP contribution in [-0.4, -0.2) is 24.1 Å². The Hall–Kier alpha value is -0.730. The monoisotopic (exact) mass is 114 g/mol. The first kappa shape index (κ1) is 5.41. The van der Waals surface area contributed by atoms with Crippen LogP contribution >= 0.6 is 0 Å². The Bertz CT molecular complexity index is 103. The highest BCUT2D eigenvalue weighted by atomic mass is 16.6. The second kappa shape index (κ2) is 2.03. The van der Waals surface area contributed by atoms with E-state index < -0.39 is 0 Å². The first-order valence-electron chi connectivity index (χ1n) is 2.55. The predicted molar refractivity (Wildman–Crippen MR) is 28.0 cm³/mol. The second-order valence-electron chi connectivity index (χ2n) is 1.73. The number of cyclic esters (lactones) is 1. The van der Waals surface area contributed by atoms with E-state index in [-0.39, 0.29) is 6.09 Å². The van der Waals surface area contributed by atoms with Gasteiger partial charge in [0, 0.05) is 0 Å². The molecule has 0 aromatic heterocycles. The molecule has 0 unspecified atom stereocenters. The molecule has 1 rings (SSSR count). The van der Waals surface area contributed by atoms with Crippen molar-refractivity contribution in [1.82, 2.24) is 4.90 Å². The molecule has 0 aromatic rings. The number of hydrogen-bond acceptors (Lipinski definition) is 2. The highest BCUT2D eigenvalue weighted by Crippen LogP contribution is 2.00. The number of carbonyl (C=O) groups excluding carboxylic acids is 1. The molecule has 0 N–H and O–H groups in total. The van der Waals surface area contributed by atoms with Crippen LogP contribution in [0.25, 0.3) is 0 Å². The lowest BCUT2D eigenvalue weighted by Crippen LogP contribution is -2.32. The van der Waals surface area contributed by atoms with E-state index in [0.29, 0.717) is 6.61 Å². The van der Waals surface area contributed by atoms with Gasteiger partial charge in [-0.2, -0.15) is 0 Å². The minimum absolute atomic E-state index is 0.309. The topological polar surface area (TPSA) is 29.5 Å². The fourth-order valence-electron chi connectivity index (χ4n) is 0.597.